The summed E-state index contributed by atoms with van der Waals surface area (Å²) in [4.78, 5) is 25.1. The standard InChI is InChI=1S/C25H25N3O3S/c1-3-31-22-12-8-7-11-21(22)24(30)28-25(32)27-20-15-13-19(14-16-20)23(29)26-17(2)18-9-5-4-6-10-18/h4-17H,3H2,1-2H3,(H,26,29)(H2,27,28,30,32). The Labute approximate surface area is 193 Å². The summed E-state index contributed by atoms with van der Waals surface area (Å²) in [5.74, 6) is -0.0378. The Kier molecular flexibility index (Phi) is 7.94. The maximum atomic E-state index is 12.5. The Balaban J connectivity index is 1.56. The van der Waals surface area contributed by atoms with Crippen LogP contribution in [0.2, 0.25) is 0 Å². The molecule has 1 atom stereocenters. The maximum absolute atomic E-state index is 12.5. The van der Waals surface area contributed by atoms with Crippen LogP contribution in [0.4, 0.5) is 5.69 Å². The van der Waals surface area contributed by atoms with E-state index in [9.17, 15) is 9.59 Å². The van der Waals surface area contributed by atoms with Gasteiger partial charge in [0.25, 0.3) is 11.8 Å². The monoisotopic (exact) mass is 447 g/mol. The van der Waals surface area contributed by atoms with Crippen molar-refractivity contribution in [3.05, 3.63) is 95.6 Å². The lowest BCUT2D eigenvalue weighted by molar-refractivity contribution is 0.0938. The number of carbonyl (C=O) groups excluding carboxylic acids is 2. The summed E-state index contributed by atoms with van der Waals surface area (Å²) >= 11 is 5.25. The lowest BCUT2D eigenvalue weighted by Gasteiger charge is -2.15. The van der Waals surface area contributed by atoms with Crippen LogP contribution in [-0.2, 0) is 0 Å². The summed E-state index contributed by atoms with van der Waals surface area (Å²) in [6.45, 7) is 4.25. The Morgan fingerprint density at radius 3 is 2.25 bits per heavy atom. The second-order valence-electron chi connectivity index (χ2n) is 7.02. The SMILES string of the molecule is CCOc1ccccc1C(=O)NC(=S)Nc1ccc(C(=O)NC(C)c2ccccc2)cc1. The van der Waals surface area contributed by atoms with Crippen LogP contribution in [0.3, 0.4) is 0 Å². The van der Waals surface area contributed by atoms with E-state index in [1.165, 1.54) is 0 Å². The van der Waals surface area contributed by atoms with Gasteiger partial charge in [0.15, 0.2) is 5.11 Å². The maximum Gasteiger partial charge on any atom is 0.261 e. The molecular weight excluding hydrogens is 422 g/mol. The number of anilines is 1. The minimum atomic E-state index is -0.363. The second kappa shape index (κ2) is 11.1. The molecule has 0 heterocycles. The van der Waals surface area contributed by atoms with E-state index in [1.807, 2.05) is 44.2 Å². The third kappa shape index (κ3) is 6.15. The molecule has 6 nitrogen and oxygen atoms in total. The normalized spacial score (nSPS) is 11.2. The quantitative estimate of drug-likeness (QED) is 0.458. The van der Waals surface area contributed by atoms with Crippen molar-refractivity contribution in [2.75, 3.05) is 11.9 Å². The van der Waals surface area contributed by atoms with E-state index in [-0.39, 0.29) is 23.0 Å². The van der Waals surface area contributed by atoms with Crippen molar-refractivity contribution in [3.63, 3.8) is 0 Å². The summed E-state index contributed by atoms with van der Waals surface area (Å²) < 4.78 is 5.49. The van der Waals surface area contributed by atoms with Gasteiger partial charge < -0.3 is 15.4 Å². The van der Waals surface area contributed by atoms with Gasteiger partial charge in [-0.25, -0.2) is 0 Å². The lowest BCUT2D eigenvalue weighted by Crippen LogP contribution is -2.34. The average molecular weight is 448 g/mol. The smallest absolute Gasteiger partial charge is 0.261 e. The summed E-state index contributed by atoms with van der Waals surface area (Å²) in [6.07, 6.45) is 0. The zero-order valence-electron chi connectivity index (χ0n) is 17.9. The van der Waals surface area contributed by atoms with Crippen LogP contribution < -0.4 is 20.7 Å². The van der Waals surface area contributed by atoms with Gasteiger partial charge in [-0.2, -0.15) is 0 Å². The van der Waals surface area contributed by atoms with E-state index in [2.05, 4.69) is 16.0 Å². The van der Waals surface area contributed by atoms with Crippen LogP contribution >= 0.6 is 12.2 Å². The molecule has 0 bridgehead atoms. The molecule has 164 valence electrons. The van der Waals surface area contributed by atoms with Crippen molar-refractivity contribution in [2.45, 2.75) is 19.9 Å². The molecule has 0 aliphatic rings. The summed E-state index contributed by atoms with van der Waals surface area (Å²) in [5.41, 5.74) is 2.61. The number of amides is 2. The van der Waals surface area contributed by atoms with Gasteiger partial charge in [0, 0.05) is 11.3 Å². The zero-order chi connectivity index (χ0) is 22.9. The van der Waals surface area contributed by atoms with Gasteiger partial charge in [-0.15, -0.1) is 0 Å². The summed E-state index contributed by atoms with van der Waals surface area (Å²) in [7, 11) is 0. The van der Waals surface area contributed by atoms with Crippen molar-refractivity contribution in [2.24, 2.45) is 0 Å². The molecule has 3 rings (SSSR count). The molecule has 3 aromatic carbocycles. The minimum absolute atomic E-state index is 0.108. The third-order valence-corrected chi connectivity index (χ3v) is 4.91. The first-order valence-corrected chi connectivity index (χ1v) is 10.7. The largest absolute Gasteiger partial charge is 0.493 e. The van der Waals surface area contributed by atoms with E-state index in [4.69, 9.17) is 17.0 Å². The second-order valence-corrected chi connectivity index (χ2v) is 7.43. The predicted octanol–water partition coefficient (Wildman–Crippen LogP) is 4.70. The van der Waals surface area contributed by atoms with Crippen LogP contribution in [-0.4, -0.2) is 23.5 Å². The molecule has 0 spiro atoms. The minimum Gasteiger partial charge on any atom is -0.493 e. The van der Waals surface area contributed by atoms with E-state index in [0.717, 1.165) is 5.56 Å². The van der Waals surface area contributed by atoms with Gasteiger partial charge in [0.2, 0.25) is 0 Å². The molecule has 0 saturated carbocycles. The number of benzene rings is 3. The molecule has 1 unspecified atom stereocenters. The predicted molar refractivity (Wildman–Crippen MR) is 130 cm³/mol. The van der Waals surface area contributed by atoms with E-state index in [1.54, 1.807) is 48.5 Å². The molecule has 3 aromatic rings. The molecule has 0 aliphatic carbocycles. The van der Waals surface area contributed by atoms with Crippen LogP contribution in [0.5, 0.6) is 5.75 Å². The Hall–Kier alpha value is -3.71. The van der Waals surface area contributed by atoms with Gasteiger partial charge in [-0.1, -0.05) is 42.5 Å². The molecule has 3 N–H and O–H groups in total. The third-order valence-electron chi connectivity index (χ3n) is 4.71. The topological polar surface area (TPSA) is 79.5 Å². The van der Waals surface area contributed by atoms with Gasteiger partial charge >= 0.3 is 0 Å². The first-order valence-electron chi connectivity index (χ1n) is 10.3. The van der Waals surface area contributed by atoms with E-state index < -0.39 is 0 Å². The number of thiocarbonyl (C=S) groups is 1. The van der Waals surface area contributed by atoms with E-state index in [0.29, 0.717) is 29.2 Å². The van der Waals surface area contributed by atoms with Crippen molar-refractivity contribution in [1.29, 1.82) is 0 Å². The number of hydrogen-bond acceptors (Lipinski definition) is 4. The fourth-order valence-corrected chi connectivity index (χ4v) is 3.29. The van der Waals surface area contributed by atoms with Crippen molar-refractivity contribution >= 4 is 34.8 Å². The van der Waals surface area contributed by atoms with Gasteiger partial charge in [0.1, 0.15) is 5.75 Å². The van der Waals surface area contributed by atoms with Gasteiger partial charge in [-0.3, -0.25) is 14.9 Å². The number of hydrogen-bond donors (Lipinski definition) is 3. The molecule has 0 saturated heterocycles. The highest BCUT2D eigenvalue weighted by molar-refractivity contribution is 7.80. The molecule has 7 heteroatoms. The highest BCUT2D eigenvalue weighted by atomic mass is 32.1. The fraction of sp³-hybridized carbons (Fsp3) is 0.160. The Bertz CT molecular complexity index is 1090. The molecule has 32 heavy (non-hydrogen) atoms. The van der Waals surface area contributed by atoms with Crippen LogP contribution in [0.25, 0.3) is 0 Å². The first-order chi connectivity index (χ1) is 15.5. The number of ether oxygens (including phenoxy) is 1. The summed E-state index contributed by atoms with van der Waals surface area (Å²) in [5, 5.41) is 8.73. The van der Waals surface area contributed by atoms with Gasteiger partial charge in [0.05, 0.1) is 18.2 Å². The van der Waals surface area contributed by atoms with Gasteiger partial charge in [-0.05, 0) is 68.0 Å². The number of carbonyl (C=O) groups is 2. The van der Waals surface area contributed by atoms with Crippen LogP contribution in [0, 0.1) is 0 Å². The highest BCUT2D eigenvalue weighted by Crippen LogP contribution is 2.18. The van der Waals surface area contributed by atoms with Crippen molar-refractivity contribution in [3.8, 4) is 5.75 Å². The lowest BCUT2D eigenvalue weighted by atomic mass is 10.1. The van der Waals surface area contributed by atoms with Crippen LogP contribution in [0.15, 0.2) is 78.9 Å². The van der Waals surface area contributed by atoms with Crippen LogP contribution in [0.1, 0.15) is 46.2 Å². The van der Waals surface area contributed by atoms with Crippen molar-refractivity contribution in [1.82, 2.24) is 10.6 Å². The Morgan fingerprint density at radius 2 is 1.56 bits per heavy atom. The summed E-state index contributed by atoms with van der Waals surface area (Å²) in [6, 6.07) is 23.5. The number of para-hydroxylation sites is 1. The molecule has 0 fully saturated rings. The molecule has 0 aromatic heterocycles. The molecule has 0 aliphatic heterocycles. The zero-order valence-corrected chi connectivity index (χ0v) is 18.7. The van der Waals surface area contributed by atoms with E-state index >= 15 is 0 Å². The average Bonchev–Trinajstić information content (AvgIpc) is 2.80. The number of nitrogens with one attached hydrogen (secondary N) is 3. The first kappa shape index (κ1) is 23.0. The van der Waals surface area contributed by atoms with Crippen molar-refractivity contribution < 1.29 is 14.3 Å². The molecule has 0 radical (unpaired) electrons. The molecular formula is C25H25N3O3S. The Morgan fingerprint density at radius 1 is 0.906 bits per heavy atom. The fourth-order valence-electron chi connectivity index (χ4n) is 3.08. The highest BCUT2D eigenvalue weighted by Gasteiger charge is 2.14. The number of rotatable bonds is 7. The molecule has 2 amide bonds.